The van der Waals surface area contributed by atoms with E-state index in [0.717, 1.165) is 22.4 Å². The van der Waals surface area contributed by atoms with Crippen molar-refractivity contribution in [3.8, 4) is 0 Å². The Labute approximate surface area is 106 Å². The van der Waals surface area contributed by atoms with E-state index < -0.39 is 11.9 Å². The molecule has 1 N–H and O–H groups in total. The minimum atomic E-state index is -4.38. The van der Waals surface area contributed by atoms with Crippen LogP contribution in [-0.2, 0) is 19.3 Å². The minimum Gasteiger partial charge on any atom is -0.315 e. The molecule has 18 heavy (non-hydrogen) atoms. The van der Waals surface area contributed by atoms with Gasteiger partial charge in [0, 0.05) is 22.5 Å². The second-order valence-corrected chi connectivity index (χ2v) is 5.05. The van der Waals surface area contributed by atoms with E-state index in [1.807, 2.05) is 19.2 Å². The quantitative estimate of drug-likeness (QED) is 0.929. The minimum absolute atomic E-state index is 0.366. The van der Waals surface area contributed by atoms with Crippen molar-refractivity contribution >= 4 is 11.3 Å². The largest absolute Gasteiger partial charge is 0.435 e. The Morgan fingerprint density at radius 3 is 2.61 bits per heavy atom. The molecule has 0 spiro atoms. The molecule has 0 radical (unpaired) electrons. The summed E-state index contributed by atoms with van der Waals surface area (Å²) in [6.07, 6.45) is -3.03. The lowest BCUT2D eigenvalue weighted by molar-refractivity contribution is -0.141. The molecule has 3 nitrogen and oxygen atoms in total. The summed E-state index contributed by atoms with van der Waals surface area (Å²) in [5.74, 6) is 0. The van der Waals surface area contributed by atoms with Crippen LogP contribution in [0.2, 0.25) is 0 Å². The molecule has 0 aromatic carbocycles. The van der Waals surface area contributed by atoms with Crippen LogP contribution in [0, 0.1) is 0 Å². The molecule has 0 saturated heterocycles. The number of rotatable bonds is 4. The van der Waals surface area contributed by atoms with E-state index in [4.69, 9.17) is 0 Å². The molecule has 2 aromatic rings. The fourth-order valence-corrected chi connectivity index (χ4v) is 2.56. The number of nitrogens with one attached hydrogen (secondary N) is 1. The lowest BCUT2D eigenvalue weighted by Crippen LogP contribution is -2.08. The van der Waals surface area contributed by atoms with Gasteiger partial charge in [-0.1, -0.05) is 0 Å². The Hall–Kier alpha value is -1.34. The van der Waals surface area contributed by atoms with Crippen molar-refractivity contribution in [3.05, 3.63) is 39.8 Å². The van der Waals surface area contributed by atoms with Gasteiger partial charge in [0.1, 0.15) is 0 Å². The van der Waals surface area contributed by atoms with Crippen LogP contribution in [0.5, 0.6) is 0 Å². The zero-order valence-electron chi connectivity index (χ0n) is 9.66. The van der Waals surface area contributed by atoms with Gasteiger partial charge in [-0.15, -0.1) is 11.3 Å². The van der Waals surface area contributed by atoms with E-state index in [2.05, 4.69) is 10.4 Å². The second kappa shape index (κ2) is 5.11. The van der Waals surface area contributed by atoms with Crippen LogP contribution >= 0.6 is 11.3 Å². The summed E-state index contributed by atoms with van der Waals surface area (Å²) in [6.45, 7) is 1.13. The topological polar surface area (TPSA) is 29.9 Å². The highest BCUT2D eigenvalue weighted by atomic mass is 32.1. The van der Waals surface area contributed by atoms with Gasteiger partial charge < -0.3 is 5.32 Å². The van der Waals surface area contributed by atoms with E-state index in [1.165, 1.54) is 10.9 Å². The van der Waals surface area contributed by atoms with Crippen molar-refractivity contribution in [3.63, 3.8) is 0 Å². The van der Waals surface area contributed by atoms with Crippen molar-refractivity contribution in [2.75, 3.05) is 7.05 Å². The van der Waals surface area contributed by atoms with E-state index >= 15 is 0 Å². The van der Waals surface area contributed by atoms with Crippen LogP contribution in [-0.4, -0.2) is 16.8 Å². The van der Waals surface area contributed by atoms with Gasteiger partial charge in [-0.25, -0.2) is 0 Å². The van der Waals surface area contributed by atoms with Crippen molar-refractivity contribution in [2.45, 2.75) is 19.3 Å². The van der Waals surface area contributed by atoms with Gasteiger partial charge in [-0.2, -0.15) is 18.3 Å². The zero-order chi connectivity index (χ0) is 13.2. The first-order valence-electron chi connectivity index (χ1n) is 5.32. The maximum Gasteiger partial charge on any atom is 0.435 e. The summed E-state index contributed by atoms with van der Waals surface area (Å²) < 4.78 is 38.4. The van der Waals surface area contributed by atoms with E-state index in [-0.39, 0.29) is 0 Å². The normalized spacial score (nSPS) is 12.0. The summed E-state index contributed by atoms with van der Waals surface area (Å²) in [7, 11) is 1.85. The molecule has 0 saturated carbocycles. The first-order valence-corrected chi connectivity index (χ1v) is 6.13. The Morgan fingerprint density at radius 1 is 1.28 bits per heavy atom. The highest BCUT2D eigenvalue weighted by molar-refractivity contribution is 7.11. The van der Waals surface area contributed by atoms with E-state index in [1.54, 1.807) is 11.3 Å². The van der Waals surface area contributed by atoms with Crippen LogP contribution < -0.4 is 5.32 Å². The smallest absolute Gasteiger partial charge is 0.315 e. The molecule has 98 valence electrons. The molecular weight excluding hydrogens is 263 g/mol. The Balaban J connectivity index is 2.06. The molecule has 2 aromatic heterocycles. The SMILES string of the molecule is CNCc1ccc(Cn2ccc(C(F)(F)F)n2)s1. The van der Waals surface area contributed by atoms with Gasteiger partial charge >= 0.3 is 6.18 Å². The van der Waals surface area contributed by atoms with Crippen molar-refractivity contribution in [1.29, 1.82) is 0 Å². The summed E-state index contributed by atoms with van der Waals surface area (Å²) in [5.41, 5.74) is -0.852. The molecule has 0 bridgehead atoms. The molecule has 0 aliphatic heterocycles. The van der Waals surface area contributed by atoms with Crippen molar-refractivity contribution in [2.24, 2.45) is 0 Å². The van der Waals surface area contributed by atoms with Crippen LogP contribution in [0.1, 0.15) is 15.4 Å². The summed E-state index contributed by atoms with van der Waals surface area (Å²) in [5, 5.41) is 6.54. The van der Waals surface area contributed by atoms with Gasteiger partial charge in [-0.05, 0) is 25.2 Å². The number of halogens is 3. The van der Waals surface area contributed by atoms with Crippen molar-refractivity contribution in [1.82, 2.24) is 15.1 Å². The van der Waals surface area contributed by atoms with Gasteiger partial charge in [0.25, 0.3) is 0 Å². The van der Waals surface area contributed by atoms with Crippen LogP contribution in [0.4, 0.5) is 13.2 Å². The number of hydrogen-bond donors (Lipinski definition) is 1. The number of thiophene rings is 1. The molecule has 0 atom stereocenters. The average Bonchev–Trinajstić information content (AvgIpc) is 2.88. The first kappa shape index (κ1) is 13.1. The highest BCUT2D eigenvalue weighted by Gasteiger charge is 2.33. The zero-order valence-corrected chi connectivity index (χ0v) is 10.5. The molecule has 0 fully saturated rings. The third-order valence-corrected chi connectivity index (χ3v) is 3.39. The summed E-state index contributed by atoms with van der Waals surface area (Å²) in [4.78, 5) is 2.13. The third-order valence-electron chi connectivity index (χ3n) is 2.32. The summed E-state index contributed by atoms with van der Waals surface area (Å²) >= 11 is 1.56. The molecule has 0 aliphatic rings. The van der Waals surface area contributed by atoms with Gasteiger partial charge in [0.15, 0.2) is 5.69 Å². The Bertz CT molecular complexity index is 516. The van der Waals surface area contributed by atoms with Gasteiger partial charge in [-0.3, -0.25) is 4.68 Å². The number of hydrogen-bond acceptors (Lipinski definition) is 3. The number of aromatic nitrogens is 2. The first-order chi connectivity index (χ1) is 8.49. The predicted octanol–water partition coefficient (Wildman–Crippen LogP) is 2.73. The molecule has 7 heteroatoms. The van der Waals surface area contributed by atoms with Crippen LogP contribution in [0.15, 0.2) is 24.4 Å². The average molecular weight is 275 g/mol. The highest BCUT2D eigenvalue weighted by Crippen LogP contribution is 2.27. The van der Waals surface area contributed by atoms with E-state index in [9.17, 15) is 13.2 Å². The molecule has 0 unspecified atom stereocenters. The molecular formula is C11H12F3N3S. The molecule has 2 rings (SSSR count). The van der Waals surface area contributed by atoms with Gasteiger partial charge in [0.05, 0.1) is 6.54 Å². The molecule has 0 amide bonds. The van der Waals surface area contributed by atoms with E-state index in [0.29, 0.717) is 6.54 Å². The Morgan fingerprint density at radius 2 is 2.00 bits per heavy atom. The standard InChI is InChI=1S/C11H12F3N3S/c1-15-6-8-2-3-9(18-8)7-17-5-4-10(16-17)11(12,13)14/h2-5,15H,6-7H2,1H3. The fourth-order valence-electron chi connectivity index (χ4n) is 1.54. The van der Waals surface area contributed by atoms with Crippen molar-refractivity contribution < 1.29 is 13.2 Å². The fraction of sp³-hybridized carbons (Fsp3) is 0.364. The lowest BCUT2D eigenvalue weighted by Gasteiger charge is -2.01. The second-order valence-electron chi connectivity index (χ2n) is 3.79. The lowest BCUT2D eigenvalue weighted by atomic mass is 10.4. The maximum atomic E-state index is 12.4. The predicted molar refractivity (Wildman–Crippen MR) is 63.4 cm³/mol. The number of nitrogens with zero attached hydrogens (tertiary/aromatic N) is 2. The summed E-state index contributed by atoms with van der Waals surface area (Å²) in [6, 6.07) is 4.86. The van der Waals surface area contributed by atoms with Gasteiger partial charge in [0.2, 0.25) is 0 Å². The van der Waals surface area contributed by atoms with Crippen LogP contribution in [0.3, 0.4) is 0 Å². The molecule has 0 aliphatic carbocycles. The monoisotopic (exact) mass is 275 g/mol. The third kappa shape index (κ3) is 3.11. The number of alkyl halides is 3. The molecule has 2 heterocycles. The Kier molecular flexibility index (Phi) is 3.72. The van der Waals surface area contributed by atoms with Crippen LogP contribution in [0.25, 0.3) is 0 Å². The maximum absolute atomic E-state index is 12.4.